The molecule has 1 spiro atoms. The van der Waals surface area contributed by atoms with Gasteiger partial charge in [-0.2, -0.15) is 0 Å². The maximum absolute atomic E-state index is 12.0. The molecular formula is C14H27N3O3S. The van der Waals surface area contributed by atoms with Crippen LogP contribution in [0.15, 0.2) is 0 Å². The molecule has 0 atom stereocenters. The van der Waals surface area contributed by atoms with E-state index in [1.165, 1.54) is 19.3 Å². The van der Waals surface area contributed by atoms with Gasteiger partial charge in [0.05, 0.1) is 11.5 Å². The first kappa shape index (κ1) is 16.7. The summed E-state index contributed by atoms with van der Waals surface area (Å²) in [6.07, 6.45) is 5.98. The van der Waals surface area contributed by atoms with Crippen molar-refractivity contribution < 1.29 is 13.2 Å². The van der Waals surface area contributed by atoms with Crippen molar-refractivity contribution in [2.75, 3.05) is 37.7 Å². The molecule has 122 valence electrons. The number of primary amides is 1. The first-order chi connectivity index (χ1) is 9.94. The number of hydrogen-bond acceptors (Lipinski definition) is 5. The third-order valence-corrected chi connectivity index (χ3v) is 6.43. The van der Waals surface area contributed by atoms with Crippen LogP contribution in [0, 0.1) is 0 Å². The SMILES string of the molecule is NC(=O)CCS(=O)(=O)CCN1CCNCC12CCCCC2. The molecule has 2 rings (SSSR count). The number of nitrogens with one attached hydrogen (secondary N) is 1. The predicted molar refractivity (Wildman–Crippen MR) is 82.7 cm³/mol. The largest absolute Gasteiger partial charge is 0.370 e. The minimum atomic E-state index is -3.19. The van der Waals surface area contributed by atoms with Crippen molar-refractivity contribution in [2.45, 2.75) is 44.1 Å². The summed E-state index contributed by atoms with van der Waals surface area (Å²) in [6, 6.07) is 0. The summed E-state index contributed by atoms with van der Waals surface area (Å²) in [6.45, 7) is 3.37. The van der Waals surface area contributed by atoms with E-state index in [-0.39, 0.29) is 23.5 Å². The lowest BCUT2D eigenvalue weighted by atomic mass is 9.79. The molecule has 2 fully saturated rings. The molecule has 1 aliphatic heterocycles. The zero-order chi connectivity index (χ0) is 15.3. The number of hydrogen-bond donors (Lipinski definition) is 2. The maximum atomic E-state index is 12.0. The number of carbonyl (C=O) groups is 1. The molecule has 0 aromatic rings. The minimum Gasteiger partial charge on any atom is -0.370 e. The van der Waals surface area contributed by atoms with E-state index in [1.54, 1.807) is 0 Å². The summed E-state index contributed by atoms with van der Waals surface area (Å²) >= 11 is 0. The number of rotatable bonds is 6. The molecule has 0 unspecified atom stereocenters. The van der Waals surface area contributed by atoms with E-state index in [9.17, 15) is 13.2 Å². The highest BCUT2D eigenvalue weighted by atomic mass is 32.2. The van der Waals surface area contributed by atoms with Crippen LogP contribution in [0.2, 0.25) is 0 Å². The van der Waals surface area contributed by atoms with Crippen molar-refractivity contribution in [2.24, 2.45) is 5.73 Å². The average molecular weight is 317 g/mol. The van der Waals surface area contributed by atoms with Crippen LogP contribution in [0.4, 0.5) is 0 Å². The number of sulfone groups is 1. The van der Waals surface area contributed by atoms with Crippen LogP contribution in [-0.2, 0) is 14.6 Å². The molecular weight excluding hydrogens is 290 g/mol. The fraction of sp³-hybridized carbons (Fsp3) is 0.929. The highest BCUT2D eigenvalue weighted by Crippen LogP contribution is 2.34. The van der Waals surface area contributed by atoms with E-state index in [4.69, 9.17) is 5.73 Å². The van der Waals surface area contributed by atoms with E-state index >= 15 is 0 Å². The van der Waals surface area contributed by atoms with Gasteiger partial charge in [-0.05, 0) is 12.8 Å². The van der Waals surface area contributed by atoms with E-state index in [0.29, 0.717) is 6.54 Å². The predicted octanol–water partition coefficient (Wildman–Crippen LogP) is -0.115. The summed E-state index contributed by atoms with van der Waals surface area (Å²) in [5, 5.41) is 3.46. The molecule has 1 amide bonds. The van der Waals surface area contributed by atoms with Crippen molar-refractivity contribution in [1.29, 1.82) is 0 Å². The molecule has 1 heterocycles. The molecule has 6 nitrogen and oxygen atoms in total. The summed E-state index contributed by atoms with van der Waals surface area (Å²) < 4.78 is 24.0. The Bertz CT molecular complexity index is 450. The van der Waals surface area contributed by atoms with Crippen molar-refractivity contribution in [3.05, 3.63) is 0 Å². The fourth-order valence-electron chi connectivity index (χ4n) is 3.54. The van der Waals surface area contributed by atoms with E-state index in [1.807, 2.05) is 0 Å². The fourth-order valence-corrected chi connectivity index (χ4v) is 4.76. The second-order valence-electron chi connectivity index (χ2n) is 6.32. The first-order valence-corrected chi connectivity index (χ1v) is 9.70. The average Bonchev–Trinajstić information content (AvgIpc) is 2.45. The molecule has 21 heavy (non-hydrogen) atoms. The van der Waals surface area contributed by atoms with Crippen LogP contribution >= 0.6 is 0 Å². The second-order valence-corrected chi connectivity index (χ2v) is 8.62. The molecule has 0 aromatic heterocycles. The number of nitrogens with two attached hydrogens (primary N) is 1. The zero-order valence-electron chi connectivity index (χ0n) is 12.6. The lowest BCUT2D eigenvalue weighted by Gasteiger charge is -2.50. The number of carbonyl (C=O) groups excluding carboxylic acids is 1. The Morgan fingerprint density at radius 2 is 1.90 bits per heavy atom. The highest BCUT2D eigenvalue weighted by molar-refractivity contribution is 7.91. The van der Waals surface area contributed by atoms with Crippen LogP contribution < -0.4 is 11.1 Å². The molecule has 0 radical (unpaired) electrons. The molecule has 0 aromatic carbocycles. The lowest BCUT2D eigenvalue weighted by molar-refractivity contribution is -0.117. The van der Waals surface area contributed by atoms with Gasteiger partial charge in [-0.25, -0.2) is 8.42 Å². The van der Waals surface area contributed by atoms with Crippen molar-refractivity contribution in [3.8, 4) is 0 Å². The summed E-state index contributed by atoms with van der Waals surface area (Å²) in [5.74, 6) is -0.548. The van der Waals surface area contributed by atoms with E-state index < -0.39 is 15.7 Å². The van der Waals surface area contributed by atoms with E-state index in [2.05, 4.69) is 10.2 Å². The van der Waals surface area contributed by atoms with Crippen LogP contribution in [0.3, 0.4) is 0 Å². The molecule has 3 N–H and O–H groups in total. The van der Waals surface area contributed by atoms with Gasteiger partial charge in [0.25, 0.3) is 0 Å². The Morgan fingerprint density at radius 3 is 2.57 bits per heavy atom. The van der Waals surface area contributed by atoms with Crippen molar-refractivity contribution >= 4 is 15.7 Å². The topological polar surface area (TPSA) is 92.5 Å². The zero-order valence-corrected chi connectivity index (χ0v) is 13.5. The maximum Gasteiger partial charge on any atom is 0.218 e. The number of piperazine rings is 1. The van der Waals surface area contributed by atoms with Crippen LogP contribution in [-0.4, -0.2) is 62.4 Å². The molecule has 7 heteroatoms. The van der Waals surface area contributed by atoms with Gasteiger partial charge >= 0.3 is 0 Å². The highest BCUT2D eigenvalue weighted by Gasteiger charge is 2.39. The van der Waals surface area contributed by atoms with E-state index in [0.717, 1.165) is 32.5 Å². The summed E-state index contributed by atoms with van der Waals surface area (Å²) in [4.78, 5) is 13.1. The molecule has 2 aliphatic rings. The Kier molecular flexibility index (Phi) is 5.62. The van der Waals surface area contributed by atoms with Crippen molar-refractivity contribution in [1.82, 2.24) is 10.2 Å². The molecule has 1 saturated carbocycles. The van der Waals surface area contributed by atoms with Crippen LogP contribution in [0.25, 0.3) is 0 Å². The normalized spacial score (nSPS) is 23.2. The van der Waals surface area contributed by atoms with Gasteiger partial charge in [0.1, 0.15) is 0 Å². The third kappa shape index (κ3) is 4.66. The lowest BCUT2D eigenvalue weighted by Crippen LogP contribution is -2.62. The van der Waals surface area contributed by atoms with Crippen LogP contribution in [0.5, 0.6) is 0 Å². The quantitative estimate of drug-likeness (QED) is 0.713. The summed E-state index contributed by atoms with van der Waals surface area (Å²) in [7, 11) is -3.19. The molecule has 1 aliphatic carbocycles. The van der Waals surface area contributed by atoms with Gasteiger partial charge in [0.15, 0.2) is 9.84 Å². The van der Waals surface area contributed by atoms with Gasteiger partial charge < -0.3 is 11.1 Å². The summed E-state index contributed by atoms with van der Waals surface area (Å²) in [5.41, 5.74) is 5.18. The Labute approximate surface area is 127 Å². The second kappa shape index (κ2) is 7.07. The first-order valence-electron chi connectivity index (χ1n) is 7.88. The van der Waals surface area contributed by atoms with Crippen molar-refractivity contribution in [3.63, 3.8) is 0 Å². The Hall–Kier alpha value is -0.660. The standard InChI is InChI=1S/C14H27N3O3S/c15-13(18)4-10-21(19,20)11-9-17-8-7-16-12-14(17)5-2-1-3-6-14/h16H,1-12H2,(H2,15,18). The molecule has 0 bridgehead atoms. The molecule has 1 saturated heterocycles. The van der Waals surface area contributed by atoms with Crippen LogP contribution in [0.1, 0.15) is 38.5 Å². The van der Waals surface area contributed by atoms with Gasteiger partial charge in [-0.3, -0.25) is 9.69 Å². The Balaban J connectivity index is 1.92. The Morgan fingerprint density at radius 1 is 1.19 bits per heavy atom. The van der Waals surface area contributed by atoms with Gasteiger partial charge in [-0.15, -0.1) is 0 Å². The van der Waals surface area contributed by atoms with Gasteiger partial charge in [0, 0.05) is 38.1 Å². The van der Waals surface area contributed by atoms with Gasteiger partial charge in [-0.1, -0.05) is 19.3 Å². The smallest absolute Gasteiger partial charge is 0.218 e. The third-order valence-electron chi connectivity index (χ3n) is 4.80. The number of amides is 1. The van der Waals surface area contributed by atoms with Gasteiger partial charge in [0.2, 0.25) is 5.91 Å². The number of nitrogens with zero attached hydrogens (tertiary/aromatic N) is 1. The monoisotopic (exact) mass is 317 g/mol. The minimum absolute atomic E-state index is 0.0744.